The summed E-state index contributed by atoms with van der Waals surface area (Å²) in [4.78, 5) is 14.6. The van der Waals surface area contributed by atoms with Crippen LogP contribution in [-0.2, 0) is 4.74 Å². The molecule has 0 aliphatic carbocycles. The Hall–Kier alpha value is -1.92. The first-order chi connectivity index (χ1) is 11.3. The van der Waals surface area contributed by atoms with E-state index in [0.29, 0.717) is 12.2 Å². The van der Waals surface area contributed by atoms with Gasteiger partial charge in [-0.05, 0) is 37.6 Å². The molecule has 124 valence electrons. The van der Waals surface area contributed by atoms with Gasteiger partial charge in [-0.1, -0.05) is 13.0 Å². The monoisotopic (exact) mass is 316 g/mol. The van der Waals surface area contributed by atoms with E-state index in [2.05, 4.69) is 22.2 Å². The van der Waals surface area contributed by atoms with E-state index in [1.54, 1.807) is 10.6 Å². The van der Waals surface area contributed by atoms with Crippen molar-refractivity contribution in [1.29, 1.82) is 0 Å². The number of amides is 1. The number of hydrogen-bond acceptors (Lipinski definition) is 4. The van der Waals surface area contributed by atoms with E-state index in [4.69, 9.17) is 4.74 Å². The number of carbonyl (C=O) groups excluding carboxylic acids is 1. The fourth-order valence-electron chi connectivity index (χ4n) is 2.96. The fraction of sp³-hybridized carbons (Fsp3) is 0.529. The van der Waals surface area contributed by atoms with Gasteiger partial charge in [0.1, 0.15) is 0 Å². The summed E-state index contributed by atoms with van der Waals surface area (Å²) in [5.41, 5.74) is 1.37. The minimum absolute atomic E-state index is 0.130. The second-order valence-corrected chi connectivity index (χ2v) is 5.94. The number of carbonyl (C=O) groups is 1. The molecule has 2 aromatic rings. The largest absolute Gasteiger partial charge is 0.375 e. The van der Waals surface area contributed by atoms with Gasteiger partial charge < -0.3 is 10.1 Å². The molecule has 0 aromatic carbocycles. The van der Waals surface area contributed by atoms with E-state index in [1.807, 2.05) is 24.4 Å². The number of morpholine rings is 1. The van der Waals surface area contributed by atoms with Crippen LogP contribution in [0.5, 0.6) is 0 Å². The average molecular weight is 316 g/mol. The molecule has 0 bridgehead atoms. The van der Waals surface area contributed by atoms with Crippen molar-refractivity contribution in [2.24, 2.45) is 0 Å². The molecule has 1 unspecified atom stereocenters. The SMILES string of the molecule is CCCN1CCOC(CCNC(=O)c2cc3ccccn3n2)C1. The molecule has 3 rings (SSSR count). The average Bonchev–Trinajstić information content (AvgIpc) is 3.00. The minimum Gasteiger partial charge on any atom is -0.375 e. The summed E-state index contributed by atoms with van der Waals surface area (Å²) < 4.78 is 7.49. The predicted octanol–water partition coefficient (Wildman–Crippen LogP) is 1.56. The van der Waals surface area contributed by atoms with Crippen LogP contribution in [0, 0.1) is 0 Å². The Morgan fingerprint density at radius 2 is 2.39 bits per heavy atom. The molecule has 1 aliphatic heterocycles. The third kappa shape index (κ3) is 4.09. The highest BCUT2D eigenvalue weighted by atomic mass is 16.5. The van der Waals surface area contributed by atoms with E-state index >= 15 is 0 Å². The zero-order chi connectivity index (χ0) is 16.1. The Morgan fingerprint density at radius 1 is 1.48 bits per heavy atom. The van der Waals surface area contributed by atoms with Gasteiger partial charge in [-0.3, -0.25) is 9.69 Å². The lowest BCUT2D eigenvalue weighted by Gasteiger charge is -2.32. The van der Waals surface area contributed by atoms with Crippen molar-refractivity contribution >= 4 is 11.4 Å². The second kappa shape index (κ2) is 7.57. The molecule has 3 heterocycles. The van der Waals surface area contributed by atoms with Crippen LogP contribution in [0.1, 0.15) is 30.3 Å². The van der Waals surface area contributed by atoms with E-state index in [0.717, 1.165) is 44.6 Å². The first kappa shape index (κ1) is 16.0. The molecule has 6 nitrogen and oxygen atoms in total. The Balaban J connectivity index is 1.47. The van der Waals surface area contributed by atoms with Crippen LogP contribution < -0.4 is 5.32 Å². The van der Waals surface area contributed by atoms with Gasteiger partial charge in [-0.25, -0.2) is 4.52 Å². The van der Waals surface area contributed by atoms with Crippen LogP contribution in [0.25, 0.3) is 5.52 Å². The quantitative estimate of drug-likeness (QED) is 0.879. The van der Waals surface area contributed by atoms with Crippen molar-refractivity contribution < 1.29 is 9.53 Å². The van der Waals surface area contributed by atoms with Crippen molar-refractivity contribution in [2.75, 3.05) is 32.8 Å². The molecule has 0 radical (unpaired) electrons. The van der Waals surface area contributed by atoms with Crippen LogP contribution >= 0.6 is 0 Å². The van der Waals surface area contributed by atoms with Crippen LogP contribution in [0.2, 0.25) is 0 Å². The van der Waals surface area contributed by atoms with E-state index < -0.39 is 0 Å². The zero-order valence-electron chi connectivity index (χ0n) is 13.6. The zero-order valence-corrected chi connectivity index (χ0v) is 13.6. The smallest absolute Gasteiger partial charge is 0.271 e. The number of nitrogens with one attached hydrogen (secondary N) is 1. The summed E-state index contributed by atoms with van der Waals surface area (Å²) in [5.74, 6) is -0.130. The lowest BCUT2D eigenvalue weighted by Crippen LogP contribution is -2.44. The number of pyridine rings is 1. The second-order valence-electron chi connectivity index (χ2n) is 5.94. The summed E-state index contributed by atoms with van der Waals surface area (Å²) in [6, 6.07) is 7.56. The first-order valence-electron chi connectivity index (χ1n) is 8.33. The third-order valence-electron chi connectivity index (χ3n) is 4.12. The van der Waals surface area contributed by atoms with Crippen LogP contribution in [0.3, 0.4) is 0 Å². The van der Waals surface area contributed by atoms with Crippen molar-refractivity contribution in [3.63, 3.8) is 0 Å². The highest BCUT2D eigenvalue weighted by Gasteiger charge is 2.20. The number of ether oxygens (including phenoxy) is 1. The molecule has 23 heavy (non-hydrogen) atoms. The minimum atomic E-state index is -0.130. The van der Waals surface area contributed by atoms with Gasteiger partial charge in [0.05, 0.1) is 18.2 Å². The molecule has 1 aliphatic rings. The molecular formula is C17H24N4O2. The lowest BCUT2D eigenvalue weighted by molar-refractivity contribution is -0.0312. The first-order valence-corrected chi connectivity index (χ1v) is 8.33. The molecule has 6 heteroatoms. The number of aromatic nitrogens is 2. The van der Waals surface area contributed by atoms with Gasteiger partial charge in [0.15, 0.2) is 5.69 Å². The number of rotatable bonds is 6. The molecule has 1 atom stereocenters. The predicted molar refractivity (Wildman–Crippen MR) is 88.6 cm³/mol. The number of nitrogens with zero attached hydrogens (tertiary/aromatic N) is 3. The van der Waals surface area contributed by atoms with Gasteiger partial charge in [-0.15, -0.1) is 0 Å². The topological polar surface area (TPSA) is 58.9 Å². The van der Waals surface area contributed by atoms with Crippen LogP contribution in [-0.4, -0.2) is 59.3 Å². The van der Waals surface area contributed by atoms with E-state index in [-0.39, 0.29) is 12.0 Å². The molecular weight excluding hydrogens is 292 g/mol. The van der Waals surface area contributed by atoms with Gasteiger partial charge in [0, 0.05) is 25.8 Å². The molecule has 2 aromatic heterocycles. The molecule has 1 saturated heterocycles. The molecule has 0 spiro atoms. The summed E-state index contributed by atoms with van der Waals surface area (Å²) >= 11 is 0. The normalized spacial score (nSPS) is 19.1. The maximum absolute atomic E-state index is 12.2. The van der Waals surface area contributed by atoms with Crippen LogP contribution in [0.15, 0.2) is 30.5 Å². The van der Waals surface area contributed by atoms with Crippen molar-refractivity contribution in [3.8, 4) is 0 Å². The highest BCUT2D eigenvalue weighted by molar-refractivity contribution is 5.93. The van der Waals surface area contributed by atoms with Crippen molar-refractivity contribution in [2.45, 2.75) is 25.9 Å². The van der Waals surface area contributed by atoms with Crippen molar-refractivity contribution in [1.82, 2.24) is 19.8 Å². The Labute approximate surface area is 136 Å². The summed E-state index contributed by atoms with van der Waals surface area (Å²) in [6.45, 7) is 6.67. The molecule has 1 amide bonds. The van der Waals surface area contributed by atoms with Crippen molar-refractivity contribution in [3.05, 3.63) is 36.2 Å². The van der Waals surface area contributed by atoms with Gasteiger partial charge >= 0.3 is 0 Å². The number of hydrogen-bond donors (Lipinski definition) is 1. The Bertz CT molecular complexity index is 620. The fourth-order valence-corrected chi connectivity index (χ4v) is 2.96. The van der Waals surface area contributed by atoms with E-state index in [9.17, 15) is 4.79 Å². The van der Waals surface area contributed by atoms with Gasteiger partial charge in [0.2, 0.25) is 0 Å². The van der Waals surface area contributed by atoms with Gasteiger partial charge in [0.25, 0.3) is 5.91 Å². The summed E-state index contributed by atoms with van der Waals surface area (Å²) in [7, 11) is 0. The third-order valence-corrected chi connectivity index (χ3v) is 4.12. The Kier molecular flexibility index (Phi) is 5.25. The summed E-state index contributed by atoms with van der Waals surface area (Å²) in [6.07, 6.45) is 4.04. The number of fused-ring (bicyclic) bond motifs is 1. The highest BCUT2D eigenvalue weighted by Crippen LogP contribution is 2.09. The molecule has 0 saturated carbocycles. The molecule has 1 N–H and O–H groups in total. The summed E-state index contributed by atoms with van der Waals surface area (Å²) in [5, 5.41) is 7.22. The maximum Gasteiger partial charge on any atom is 0.271 e. The van der Waals surface area contributed by atoms with E-state index in [1.165, 1.54) is 0 Å². The Morgan fingerprint density at radius 3 is 3.22 bits per heavy atom. The van der Waals surface area contributed by atoms with Crippen LogP contribution in [0.4, 0.5) is 0 Å². The maximum atomic E-state index is 12.2. The standard InChI is InChI=1S/C17H24N4O2/c1-2-8-20-10-11-23-15(13-20)6-7-18-17(22)16-12-14-5-3-4-9-21(14)19-16/h3-5,9,12,15H,2,6-8,10-11,13H2,1H3,(H,18,22). The molecule has 1 fully saturated rings. The lowest BCUT2D eigenvalue weighted by atomic mass is 10.2. The van der Waals surface area contributed by atoms with Gasteiger partial charge in [-0.2, -0.15) is 5.10 Å².